The molecule has 2 heterocycles. The number of benzene rings is 3. The molecule has 1 atom stereocenters. The normalized spacial score (nSPS) is 15.9. The van der Waals surface area contributed by atoms with E-state index in [-0.39, 0.29) is 12.1 Å². The van der Waals surface area contributed by atoms with Gasteiger partial charge in [0, 0.05) is 45.3 Å². The lowest BCUT2D eigenvalue weighted by atomic mass is 9.88. The van der Waals surface area contributed by atoms with E-state index in [1.165, 1.54) is 23.1 Å². The average Bonchev–Trinajstić information content (AvgIpc) is 3.47. The van der Waals surface area contributed by atoms with Crippen LogP contribution in [-0.2, 0) is 9.53 Å². The molecule has 4 aromatic rings. The highest BCUT2D eigenvalue weighted by atomic mass is 16.5. The van der Waals surface area contributed by atoms with Crippen molar-refractivity contribution in [2.45, 2.75) is 38.8 Å². The van der Waals surface area contributed by atoms with Gasteiger partial charge in [-0.15, -0.1) is 0 Å². The van der Waals surface area contributed by atoms with Crippen LogP contribution in [0.1, 0.15) is 55.5 Å². The largest absolute Gasteiger partial charge is 0.492 e. The number of aromatic nitrogens is 2. The van der Waals surface area contributed by atoms with E-state index in [9.17, 15) is 4.79 Å². The van der Waals surface area contributed by atoms with Gasteiger partial charge in [-0.05, 0) is 77.8 Å². The van der Waals surface area contributed by atoms with Crippen LogP contribution < -0.4 is 10.1 Å². The molecule has 0 spiro atoms. The highest BCUT2D eigenvalue weighted by Gasteiger charge is 2.20. The number of allylic oxidation sites excluding steroid dienone is 1. The van der Waals surface area contributed by atoms with Crippen LogP contribution in [0.3, 0.4) is 0 Å². The van der Waals surface area contributed by atoms with Gasteiger partial charge in [-0.25, -0.2) is 4.68 Å². The van der Waals surface area contributed by atoms with Crippen LogP contribution in [0.5, 0.6) is 5.75 Å². The van der Waals surface area contributed by atoms with Gasteiger partial charge in [0.2, 0.25) is 5.91 Å². The van der Waals surface area contributed by atoms with E-state index in [1.807, 2.05) is 29.1 Å². The number of carbonyl (C=O) groups is 1. The standard InChI is InChI=1S/C36H42N4O3/c1-4-32(27-11-6-5-7-12-27)36(29-17-20-33-30(25-29)26-38-40(33)35-14-8-9-23-43-35)28-15-18-31(19-16-28)42-24-22-37-21-10-13-34(41)39(2)3/h5-7,10-13,15-20,25-26,35,37H,4,8-9,14,21-24H2,1-3H3/b13-10?,36-32+. The zero-order chi connectivity index (χ0) is 30.0. The van der Waals surface area contributed by atoms with Crippen LogP contribution in [0.2, 0.25) is 0 Å². The molecule has 1 aliphatic heterocycles. The third-order valence-corrected chi connectivity index (χ3v) is 7.74. The minimum absolute atomic E-state index is 0.00844. The summed E-state index contributed by atoms with van der Waals surface area (Å²) < 4.78 is 14.1. The molecule has 43 heavy (non-hydrogen) atoms. The Kier molecular flexibility index (Phi) is 10.4. The van der Waals surface area contributed by atoms with Gasteiger partial charge in [0.25, 0.3) is 0 Å². The number of likely N-dealkylation sites (N-methyl/N-ethyl adjacent to an activating group) is 1. The molecule has 1 N–H and O–H groups in total. The molecule has 0 aliphatic carbocycles. The number of rotatable bonds is 12. The SMILES string of the molecule is CC/C(=C(/c1ccc(OCCNCC=CC(=O)N(C)C)cc1)c1ccc2c(cnn2C2CCCCO2)c1)c1ccccc1. The highest BCUT2D eigenvalue weighted by molar-refractivity contribution is 6.00. The van der Waals surface area contributed by atoms with Crippen molar-refractivity contribution in [3.63, 3.8) is 0 Å². The topological polar surface area (TPSA) is 68.6 Å². The summed E-state index contributed by atoms with van der Waals surface area (Å²) in [7, 11) is 3.48. The molecular weight excluding hydrogens is 536 g/mol. The molecule has 1 unspecified atom stereocenters. The van der Waals surface area contributed by atoms with Crippen LogP contribution in [0.15, 0.2) is 91.1 Å². The summed E-state index contributed by atoms with van der Waals surface area (Å²) in [5, 5.41) is 9.11. The lowest BCUT2D eigenvalue weighted by Crippen LogP contribution is -2.22. The third-order valence-electron chi connectivity index (χ3n) is 7.74. The summed E-state index contributed by atoms with van der Waals surface area (Å²) >= 11 is 0. The van der Waals surface area contributed by atoms with Crippen molar-refractivity contribution in [2.24, 2.45) is 0 Å². The molecule has 224 valence electrons. The number of hydrogen-bond acceptors (Lipinski definition) is 5. The van der Waals surface area contributed by atoms with Crippen molar-refractivity contribution in [2.75, 3.05) is 40.4 Å². The molecule has 7 nitrogen and oxygen atoms in total. The first-order chi connectivity index (χ1) is 21.0. The fourth-order valence-electron chi connectivity index (χ4n) is 5.49. The Bertz CT molecular complexity index is 1550. The van der Waals surface area contributed by atoms with Crippen LogP contribution in [0.4, 0.5) is 0 Å². The molecule has 1 saturated heterocycles. The maximum absolute atomic E-state index is 11.6. The number of carbonyl (C=O) groups excluding carboxylic acids is 1. The van der Waals surface area contributed by atoms with Gasteiger partial charge in [0.15, 0.2) is 6.23 Å². The maximum Gasteiger partial charge on any atom is 0.245 e. The number of ether oxygens (including phenoxy) is 2. The van der Waals surface area contributed by atoms with Crippen LogP contribution in [-0.4, -0.2) is 61.0 Å². The monoisotopic (exact) mass is 578 g/mol. The second-order valence-electron chi connectivity index (χ2n) is 11.0. The third kappa shape index (κ3) is 7.61. The van der Waals surface area contributed by atoms with Crippen molar-refractivity contribution in [3.05, 3.63) is 108 Å². The maximum atomic E-state index is 11.6. The predicted octanol–water partition coefficient (Wildman–Crippen LogP) is 6.72. The number of amides is 1. The van der Waals surface area contributed by atoms with Crippen molar-refractivity contribution >= 4 is 28.0 Å². The lowest BCUT2D eigenvalue weighted by molar-refractivity contribution is -0.123. The molecule has 1 fully saturated rings. The van der Waals surface area contributed by atoms with Crippen molar-refractivity contribution in [3.8, 4) is 5.75 Å². The highest BCUT2D eigenvalue weighted by Crippen LogP contribution is 2.37. The Hall–Kier alpha value is -4.20. The van der Waals surface area contributed by atoms with Gasteiger partial charge in [0.05, 0.1) is 11.7 Å². The minimum Gasteiger partial charge on any atom is -0.492 e. The van der Waals surface area contributed by atoms with Gasteiger partial charge >= 0.3 is 0 Å². The molecule has 0 bridgehead atoms. The first-order valence-electron chi connectivity index (χ1n) is 15.2. The molecule has 1 aromatic heterocycles. The Balaban J connectivity index is 1.36. The van der Waals surface area contributed by atoms with E-state index in [2.05, 4.69) is 72.9 Å². The second kappa shape index (κ2) is 14.8. The van der Waals surface area contributed by atoms with Crippen LogP contribution in [0, 0.1) is 0 Å². The Morgan fingerprint density at radius 3 is 2.56 bits per heavy atom. The molecule has 7 heteroatoms. The molecule has 1 aliphatic rings. The van der Waals surface area contributed by atoms with Gasteiger partial charge in [-0.3, -0.25) is 4.79 Å². The summed E-state index contributed by atoms with van der Waals surface area (Å²) in [5.74, 6) is 0.805. The molecule has 0 saturated carbocycles. The van der Waals surface area contributed by atoms with Crippen LogP contribution in [0.25, 0.3) is 22.0 Å². The van der Waals surface area contributed by atoms with E-state index in [0.717, 1.165) is 53.6 Å². The van der Waals surface area contributed by atoms with Gasteiger partial charge in [-0.1, -0.05) is 61.5 Å². The van der Waals surface area contributed by atoms with Gasteiger partial charge < -0.3 is 19.7 Å². The lowest BCUT2D eigenvalue weighted by Gasteiger charge is -2.23. The first kappa shape index (κ1) is 30.3. The van der Waals surface area contributed by atoms with E-state index in [0.29, 0.717) is 19.7 Å². The van der Waals surface area contributed by atoms with Gasteiger partial charge in [0.1, 0.15) is 12.4 Å². The molecule has 3 aromatic carbocycles. The fraction of sp³-hybridized carbons (Fsp3) is 0.333. The Morgan fingerprint density at radius 1 is 1.05 bits per heavy atom. The van der Waals surface area contributed by atoms with Gasteiger partial charge in [-0.2, -0.15) is 5.10 Å². The molecule has 0 radical (unpaired) electrons. The summed E-state index contributed by atoms with van der Waals surface area (Å²) in [6.07, 6.45) is 9.55. The van der Waals surface area contributed by atoms with Crippen molar-refractivity contribution < 1.29 is 14.3 Å². The van der Waals surface area contributed by atoms with Crippen molar-refractivity contribution in [1.82, 2.24) is 20.0 Å². The number of hydrogen-bond donors (Lipinski definition) is 1. The number of nitrogens with one attached hydrogen (secondary N) is 1. The molecule has 5 rings (SSSR count). The Labute approximate surface area is 254 Å². The zero-order valence-corrected chi connectivity index (χ0v) is 25.5. The number of nitrogens with zero attached hydrogens (tertiary/aromatic N) is 3. The summed E-state index contributed by atoms with van der Waals surface area (Å²) in [6.45, 7) is 4.84. The van der Waals surface area contributed by atoms with E-state index in [1.54, 1.807) is 25.1 Å². The Morgan fingerprint density at radius 2 is 1.84 bits per heavy atom. The summed E-state index contributed by atoms with van der Waals surface area (Å²) in [4.78, 5) is 13.2. The molecule has 1 amide bonds. The predicted molar refractivity (Wildman–Crippen MR) is 174 cm³/mol. The fourth-order valence-corrected chi connectivity index (χ4v) is 5.49. The summed E-state index contributed by atoms with van der Waals surface area (Å²) in [5.41, 5.74) is 7.13. The van der Waals surface area contributed by atoms with Crippen molar-refractivity contribution in [1.29, 1.82) is 0 Å². The van der Waals surface area contributed by atoms with E-state index >= 15 is 0 Å². The zero-order valence-electron chi connectivity index (χ0n) is 25.5. The minimum atomic E-state index is -0.0194. The first-order valence-corrected chi connectivity index (χ1v) is 15.2. The smallest absolute Gasteiger partial charge is 0.245 e. The average molecular weight is 579 g/mol. The quantitative estimate of drug-likeness (QED) is 0.115. The van der Waals surface area contributed by atoms with E-state index in [4.69, 9.17) is 14.6 Å². The second-order valence-corrected chi connectivity index (χ2v) is 11.0. The molecular formula is C36H42N4O3. The number of fused-ring (bicyclic) bond motifs is 1. The van der Waals surface area contributed by atoms with Crippen LogP contribution >= 0.6 is 0 Å². The summed E-state index contributed by atoms with van der Waals surface area (Å²) in [6, 6.07) is 25.7. The van der Waals surface area contributed by atoms with E-state index < -0.39 is 0 Å².